The van der Waals surface area contributed by atoms with Crippen LogP contribution in [-0.2, 0) is 14.3 Å². The number of aliphatic carboxylic acids is 1. The Kier molecular flexibility index (Phi) is 7.93. The second-order valence-electron chi connectivity index (χ2n) is 3.55. The second kappa shape index (κ2) is 8.62. The first-order valence-corrected chi connectivity index (χ1v) is 6.62. The van der Waals surface area contributed by atoms with Crippen LogP contribution in [0.5, 0.6) is 0 Å². The molecular formula is C10H18N2O5S. The first-order chi connectivity index (χ1) is 8.42. The Hall–Kier alpha value is -1.44. The summed E-state index contributed by atoms with van der Waals surface area (Å²) >= 11 is 1.49. The van der Waals surface area contributed by atoms with E-state index in [1.165, 1.54) is 25.9 Å². The van der Waals surface area contributed by atoms with E-state index in [-0.39, 0.29) is 6.54 Å². The minimum Gasteiger partial charge on any atom is -0.480 e. The molecule has 2 amide bonds. The lowest BCUT2D eigenvalue weighted by atomic mass is 10.2. The molecule has 7 nitrogen and oxygen atoms in total. The molecule has 0 heterocycles. The summed E-state index contributed by atoms with van der Waals surface area (Å²) in [6.07, 6.45) is 2.18. The molecule has 0 aliphatic carbocycles. The zero-order chi connectivity index (χ0) is 14.1. The van der Waals surface area contributed by atoms with Gasteiger partial charge in [-0.2, -0.15) is 11.8 Å². The van der Waals surface area contributed by atoms with Crippen LogP contribution in [0.25, 0.3) is 0 Å². The fourth-order valence-corrected chi connectivity index (χ4v) is 1.55. The lowest BCUT2D eigenvalue weighted by molar-refractivity contribution is -0.141. The van der Waals surface area contributed by atoms with Gasteiger partial charge in [0, 0.05) is 7.05 Å². The normalized spacial score (nSPS) is 11.5. The van der Waals surface area contributed by atoms with Crippen molar-refractivity contribution in [3.8, 4) is 0 Å². The van der Waals surface area contributed by atoms with E-state index in [9.17, 15) is 14.4 Å². The van der Waals surface area contributed by atoms with Gasteiger partial charge in [0.25, 0.3) is 0 Å². The molecule has 0 saturated carbocycles. The number of thioether (sulfide) groups is 1. The Morgan fingerprint density at radius 1 is 1.44 bits per heavy atom. The number of carboxylic acid groups (broad SMARTS) is 1. The van der Waals surface area contributed by atoms with Gasteiger partial charge in [-0.05, 0) is 18.4 Å². The molecule has 18 heavy (non-hydrogen) atoms. The highest BCUT2D eigenvalue weighted by Gasteiger charge is 2.22. The molecule has 104 valence electrons. The fourth-order valence-electron chi connectivity index (χ4n) is 1.08. The molecule has 0 spiro atoms. The number of amides is 2. The molecule has 0 aromatic carbocycles. The molecule has 0 aliphatic rings. The van der Waals surface area contributed by atoms with Crippen molar-refractivity contribution in [2.24, 2.45) is 0 Å². The Morgan fingerprint density at radius 3 is 2.50 bits per heavy atom. The molecule has 0 aromatic heterocycles. The minimum absolute atomic E-state index is 0.225. The number of hydrogen-bond acceptors (Lipinski definition) is 5. The summed E-state index contributed by atoms with van der Waals surface area (Å²) < 4.78 is 4.41. The fraction of sp³-hybridized carbons (Fsp3) is 0.700. The number of hydrogen-bond donors (Lipinski definition) is 2. The molecule has 0 bridgehead atoms. The van der Waals surface area contributed by atoms with Crippen molar-refractivity contribution < 1.29 is 24.2 Å². The zero-order valence-electron chi connectivity index (χ0n) is 10.6. The summed E-state index contributed by atoms with van der Waals surface area (Å²) in [5.41, 5.74) is 0. The number of nitrogens with zero attached hydrogens (tertiary/aromatic N) is 1. The van der Waals surface area contributed by atoms with Crippen molar-refractivity contribution >= 4 is 29.7 Å². The Labute approximate surface area is 110 Å². The van der Waals surface area contributed by atoms with Crippen molar-refractivity contribution in [2.45, 2.75) is 12.5 Å². The SMILES string of the molecule is COC(=O)CN(C)C(=O)NC(CCSC)C(=O)O. The third-order valence-electron chi connectivity index (χ3n) is 2.15. The molecule has 0 rings (SSSR count). The van der Waals surface area contributed by atoms with E-state index in [2.05, 4.69) is 10.1 Å². The predicted molar refractivity (Wildman–Crippen MR) is 67.6 cm³/mol. The third kappa shape index (κ3) is 6.33. The Morgan fingerprint density at radius 2 is 2.06 bits per heavy atom. The number of carbonyl (C=O) groups is 3. The van der Waals surface area contributed by atoms with Crippen LogP contribution in [0.2, 0.25) is 0 Å². The highest BCUT2D eigenvalue weighted by atomic mass is 32.2. The maximum atomic E-state index is 11.6. The van der Waals surface area contributed by atoms with Crippen molar-refractivity contribution in [2.75, 3.05) is 32.7 Å². The summed E-state index contributed by atoms with van der Waals surface area (Å²) in [5.74, 6) is -1.04. The topological polar surface area (TPSA) is 95.9 Å². The van der Waals surface area contributed by atoms with E-state index < -0.39 is 24.0 Å². The number of nitrogens with one attached hydrogen (secondary N) is 1. The summed E-state index contributed by atoms with van der Waals surface area (Å²) in [5, 5.41) is 11.3. The molecule has 0 aromatic rings. The molecule has 0 fully saturated rings. The molecule has 1 atom stereocenters. The average Bonchev–Trinajstić information content (AvgIpc) is 2.33. The van der Waals surface area contributed by atoms with E-state index in [4.69, 9.17) is 5.11 Å². The predicted octanol–water partition coefficient (Wildman–Crippen LogP) is 0.00710. The average molecular weight is 278 g/mol. The number of urea groups is 1. The van der Waals surface area contributed by atoms with E-state index in [0.717, 1.165) is 4.90 Å². The largest absolute Gasteiger partial charge is 0.480 e. The quantitative estimate of drug-likeness (QED) is 0.637. The Bertz CT molecular complexity index is 311. The summed E-state index contributed by atoms with van der Waals surface area (Å²) in [4.78, 5) is 34.5. The standard InChI is InChI=1S/C10H18N2O5S/c1-12(6-8(13)17-2)10(16)11-7(9(14)15)4-5-18-3/h7H,4-6H2,1-3H3,(H,11,16)(H,14,15). The number of carboxylic acids is 1. The van der Waals surface area contributed by atoms with E-state index in [1.807, 2.05) is 6.26 Å². The smallest absolute Gasteiger partial charge is 0.326 e. The van der Waals surface area contributed by atoms with Crippen LogP contribution in [0.15, 0.2) is 0 Å². The van der Waals surface area contributed by atoms with Crippen molar-refractivity contribution in [3.63, 3.8) is 0 Å². The van der Waals surface area contributed by atoms with Gasteiger partial charge in [0.05, 0.1) is 7.11 Å². The first kappa shape index (κ1) is 16.6. The molecule has 8 heteroatoms. The molecular weight excluding hydrogens is 260 g/mol. The van der Waals surface area contributed by atoms with E-state index >= 15 is 0 Å². The maximum absolute atomic E-state index is 11.6. The van der Waals surface area contributed by atoms with Gasteiger partial charge in [-0.1, -0.05) is 0 Å². The third-order valence-corrected chi connectivity index (χ3v) is 2.79. The number of likely N-dealkylation sites (N-methyl/N-ethyl adjacent to an activating group) is 1. The van der Waals surface area contributed by atoms with Gasteiger partial charge in [-0.3, -0.25) is 4.79 Å². The van der Waals surface area contributed by atoms with Gasteiger partial charge < -0.3 is 20.1 Å². The lowest BCUT2D eigenvalue weighted by Gasteiger charge is -2.20. The summed E-state index contributed by atoms with van der Waals surface area (Å²) in [6, 6.07) is -1.57. The molecule has 0 radical (unpaired) electrons. The molecule has 0 saturated heterocycles. The van der Waals surface area contributed by atoms with Gasteiger partial charge in [-0.25, -0.2) is 9.59 Å². The van der Waals surface area contributed by atoms with Gasteiger partial charge in [-0.15, -0.1) is 0 Å². The van der Waals surface area contributed by atoms with Gasteiger partial charge in [0.1, 0.15) is 12.6 Å². The van der Waals surface area contributed by atoms with Gasteiger partial charge in [0.2, 0.25) is 0 Å². The highest BCUT2D eigenvalue weighted by Crippen LogP contribution is 2.01. The molecule has 1 unspecified atom stereocenters. The lowest BCUT2D eigenvalue weighted by Crippen LogP contribution is -2.48. The van der Waals surface area contributed by atoms with Gasteiger partial charge >= 0.3 is 18.0 Å². The maximum Gasteiger partial charge on any atom is 0.326 e. The van der Waals surface area contributed by atoms with Crippen LogP contribution >= 0.6 is 11.8 Å². The van der Waals surface area contributed by atoms with Gasteiger partial charge in [0.15, 0.2) is 0 Å². The number of rotatable bonds is 7. The van der Waals surface area contributed by atoms with Crippen LogP contribution in [0.1, 0.15) is 6.42 Å². The van der Waals surface area contributed by atoms with Crippen LogP contribution in [0.3, 0.4) is 0 Å². The number of methoxy groups -OCH3 is 1. The molecule has 0 aliphatic heterocycles. The van der Waals surface area contributed by atoms with Crippen LogP contribution in [0.4, 0.5) is 4.79 Å². The highest BCUT2D eigenvalue weighted by molar-refractivity contribution is 7.98. The first-order valence-electron chi connectivity index (χ1n) is 5.22. The van der Waals surface area contributed by atoms with Crippen molar-refractivity contribution in [3.05, 3.63) is 0 Å². The van der Waals surface area contributed by atoms with Crippen LogP contribution in [-0.4, -0.2) is 66.7 Å². The number of carbonyl (C=O) groups excluding carboxylic acids is 2. The minimum atomic E-state index is -1.09. The van der Waals surface area contributed by atoms with E-state index in [1.54, 1.807) is 0 Å². The monoisotopic (exact) mass is 278 g/mol. The Balaban J connectivity index is 4.31. The number of esters is 1. The van der Waals surface area contributed by atoms with Crippen LogP contribution < -0.4 is 5.32 Å². The van der Waals surface area contributed by atoms with Crippen LogP contribution in [0, 0.1) is 0 Å². The number of ether oxygens (including phenoxy) is 1. The summed E-state index contributed by atoms with van der Waals surface area (Å²) in [7, 11) is 2.60. The molecule has 2 N–H and O–H groups in total. The second-order valence-corrected chi connectivity index (χ2v) is 4.54. The summed E-state index contributed by atoms with van der Waals surface area (Å²) in [6.45, 7) is -0.225. The van der Waals surface area contributed by atoms with Crippen molar-refractivity contribution in [1.82, 2.24) is 10.2 Å². The van der Waals surface area contributed by atoms with Crippen molar-refractivity contribution in [1.29, 1.82) is 0 Å². The zero-order valence-corrected chi connectivity index (χ0v) is 11.5. The van der Waals surface area contributed by atoms with E-state index in [0.29, 0.717) is 12.2 Å².